The van der Waals surface area contributed by atoms with E-state index in [4.69, 9.17) is 28.3 Å². The molecule has 0 spiro atoms. The summed E-state index contributed by atoms with van der Waals surface area (Å²) in [5.74, 6) is -3.10. The highest BCUT2D eigenvalue weighted by Crippen LogP contribution is 2.26. The van der Waals surface area contributed by atoms with Gasteiger partial charge in [0, 0.05) is 30.7 Å². The Balaban J connectivity index is 1.60. The summed E-state index contributed by atoms with van der Waals surface area (Å²) in [6.07, 6.45) is -0.0349. The number of nitrogens with zero attached hydrogens (tertiary/aromatic N) is 1. The van der Waals surface area contributed by atoms with Crippen molar-refractivity contribution in [2.24, 2.45) is 0 Å². The van der Waals surface area contributed by atoms with E-state index < -0.39 is 35.8 Å². The standard InChI is InChI=1S/C25H25Cl2N3O7S/c26-16-3-1-4-17(27)22(16)24(35)28-15-9-7-14(8-10-15)11-18(25(36)37)29-23(34)19-12-38-13-30(19)20(31)5-2-6-21(32)33/h1,3-4,7-10,18-19H,2,5-6,11-13H2,(H,28,35)(H,29,34)(H,32,33)(H,36,37)/t18-,19+/m0/s1. The second-order valence-electron chi connectivity index (χ2n) is 8.48. The number of amides is 3. The lowest BCUT2D eigenvalue weighted by molar-refractivity contribution is -0.143. The van der Waals surface area contributed by atoms with Crippen LogP contribution in [0.4, 0.5) is 5.69 Å². The van der Waals surface area contributed by atoms with E-state index in [0.29, 0.717) is 17.0 Å². The van der Waals surface area contributed by atoms with E-state index >= 15 is 0 Å². The van der Waals surface area contributed by atoms with Crippen molar-refractivity contribution in [2.75, 3.05) is 16.9 Å². The number of carboxylic acids is 2. The van der Waals surface area contributed by atoms with Crippen LogP contribution in [-0.2, 0) is 25.6 Å². The van der Waals surface area contributed by atoms with Gasteiger partial charge in [0.1, 0.15) is 12.1 Å². The predicted octanol–water partition coefficient (Wildman–Crippen LogP) is 3.51. The zero-order chi connectivity index (χ0) is 27.8. The van der Waals surface area contributed by atoms with E-state index in [1.165, 1.54) is 16.7 Å². The summed E-state index contributed by atoms with van der Waals surface area (Å²) in [5, 5.41) is 24.0. The van der Waals surface area contributed by atoms with Crippen LogP contribution in [-0.4, -0.2) is 68.5 Å². The fourth-order valence-electron chi connectivity index (χ4n) is 3.78. The summed E-state index contributed by atoms with van der Waals surface area (Å²) in [6, 6.07) is 9.04. The quantitative estimate of drug-likeness (QED) is 0.314. The number of halogens is 2. The molecule has 3 amide bonds. The molecule has 1 aliphatic heterocycles. The zero-order valence-corrected chi connectivity index (χ0v) is 22.3. The summed E-state index contributed by atoms with van der Waals surface area (Å²) in [6.45, 7) is 0. The normalized spacial score (nSPS) is 15.5. The van der Waals surface area contributed by atoms with Gasteiger partial charge < -0.3 is 25.7 Å². The molecule has 202 valence electrons. The van der Waals surface area contributed by atoms with Crippen molar-refractivity contribution in [2.45, 2.75) is 37.8 Å². The van der Waals surface area contributed by atoms with Crippen LogP contribution < -0.4 is 10.6 Å². The minimum atomic E-state index is -1.25. The van der Waals surface area contributed by atoms with Gasteiger partial charge in [0.25, 0.3) is 5.91 Å². The summed E-state index contributed by atoms with van der Waals surface area (Å²) in [4.78, 5) is 61.8. The molecule has 3 rings (SSSR count). The number of benzene rings is 2. The Morgan fingerprint density at radius 1 is 1.00 bits per heavy atom. The van der Waals surface area contributed by atoms with Crippen molar-refractivity contribution < 1.29 is 34.2 Å². The van der Waals surface area contributed by atoms with Crippen LogP contribution in [0.25, 0.3) is 0 Å². The second kappa shape index (κ2) is 13.5. The Kier molecular flexibility index (Phi) is 10.4. The molecule has 0 aromatic heterocycles. The van der Waals surface area contributed by atoms with Gasteiger partial charge in [-0.2, -0.15) is 0 Å². The molecule has 0 bridgehead atoms. The molecule has 1 fully saturated rings. The first-order valence-corrected chi connectivity index (χ1v) is 13.4. The molecule has 4 N–H and O–H groups in total. The van der Waals surface area contributed by atoms with Crippen LogP contribution in [0.1, 0.15) is 35.2 Å². The van der Waals surface area contributed by atoms with E-state index in [-0.39, 0.29) is 53.1 Å². The first-order chi connectivity index (χ1) is 18.1. The second-order valence-corrected chi connectivity index (χ2v) is 10.3. The Morgan fingerprint density at radius 3 is 2.26 bits per heavy atom. The van der Waals surface area contributed by atoms with Crippen molar-refractivity contribution in [3.63, 3.8) is 0 Å². The fourth-order valence-corrected chi connectivity index (χ4v) is 5.53. The number of anilines is 1. The number of thioether (sulfide) groups is 1. The van der Waals surface area contributed by atoms with E-state index in [9.17, 15) is 29.1 Å². The number of carboxylic acid groups (broad SMARTS) is 2. The lowest BCUT2D eigenvalue weighted by atomic mass is 10.0. The summed E-state index contributed by atoms with van der Waals surface area (Å²) >= 11 is 13.5. The fraction of sp³-hybridized carbons (Fsp3) is 0.320. The van der Waals surface area contributed by atoms with Gasteiger partial charge in [0.15, 0.2) is 0 Å². The number of carbonyl (C=O) groups excluding carboxylic acids is 3. The maximum Gasteiger partial charge on any atom is 0.326 e. The molecule has 0 saturated carbocycles. The van der Waals surface area contributed by atoms with Gasteiger partial charge in [-0.3, -0.25) is 19.2 Å². The van der Waals surface area contributed by atoms with Gasteiger partial charge in [-0.25, -0.2) is 4.79 Å². The topological polar surface area (TPSA) is 153 Å². The van der Waals surface area contributed by atoms with Crippen molar-refractivity contribution in [1.82, 2.24) is 10.2 Å². The Hall–Kier alpha value is -3.28. The Morgan fingerprint density at radius 2 is 1.66 bits per heavy atom. The van der Waals surface area contributed by atoms with Crippen molar-refractivity contribution in [1.29, 1.82) is 0 Å². The third kappa shape index (κ3) is 7.86. The largest absolute Gasteiger partial charge is 0.481 e. The minimum Gasteiger partial charge on any atom is -0.481 e. The maximum absolute atomic E-state index is 12.9. The zero-order valence-electron chi connectivity index (χ0n) is 20.0. The number of hydrogen-bond donors (Lipinski definition) is 4. The smallest absolute Gasteiger partial charge is 0.326 e. The van der Waals surface area contributed by atoms with Crippen molar-refractivity contribution in [3.8, 4) is 0 Å². The highest BCUT2D eigenvalue weighted by Gasteiger charge is 2.36. The molecule has 0 aliphatic carbocycles. The maximum atomic E-state index is 12.9. The molecule has 1 heterocycles. The number of rotatable bonds is 11. The Bertz CT molecular complexity index is 1210. The third-order valence-electron chi connectivity index (χ3n) is 5.74. The molecule has 1 saturated heterocycles. The van der Waals surface area contributed by atoms with Crippen LogP contribution in [0, 0.1) is 0 Å². The van der Waals surface area contributed by atoms with Gasteiger partial charge in [0.05, 0.1) is 21.5 Å². The van der Waals surface area contributed by atoms with Gasteiger partial charge in [-0.15, -0.1) is 11.8 Å². The Labute approximate surface area is 232 Å². The number of hydrogen-bond acceptors (Lipinski definition) is 6. The third-order valence-corrected chi connectivity index (χ3v) is 7.38. The average Bonchev–Trinajstić information content (AvgIpc) is 3.34. The molecule has 0 radical (unpaired) electrons. The number of aliphatic carboxylic acids is 2. The summed E-state index contributed by atoms with van der Waals surface area (Å²) < 4.78 is 0. The molecule has 0 unspecified atom stereocenters. The van der Waals surface area contributed by atoms with E-state index in [1.54, 1.807) is 42.5 Å². The number of nitrogens with one attached hydrogen (secondary N) is 2. The molecule has 1 aliphatic rings. The summed E-state index contributed by atoms with van der Waals surface area (Å²) in [7, 11) is 0. The lowest BCUT2D eigenvalue weighted by Gasteiger charge is -2.25. The van der Waals surface area contributed by atoms with Crippen LogP contribution in [0.5, 0.6) is 0 Å². The van der Waals surface area contributed by atoms with E-state index in [0.717, 1.165) is 0 Å². The van der Waals surface area contributed by atoms with Gasteiger partial charge in [-0.05, 0) is 36.2 Å². The molecule has 13 heteroatoms. The number of carbonyl (C=O) groups is 5. The highest BCUT2D eigenvalue weighted by atomic mass is 35.5. The van der Waals surface area contributed by atoms with Crippen LogP contribution in [0.15, 0.2) is 42.5 Å². The van der Waals surface area contributed by atoms with Gasteiger partial charge in [0.2, 0.25) is 11.8 Å². The minimum absolute atomic E-state index is 0.00936. The molecule has 2 aromatic carbocycles. The highest BCUT2D eigenvalue weighted by molar-refractivity contribution is 7.99. The molecule has 10 nitrogen and oxygen atoms in total. The van der Waals surface area contributed by atoms with Crippen molar-refractivity contribution >= 4 is 70.3 Å². The van der Waals surface area contributed by atoms with E-state index in [1.807, 2.05) is 0 Å². The molecule has 2 aromatic rings. The van der Waals surface area contributed by atoms with Crippen molar-refractivity contribution in [3.05, 3.63) is 63.6 Å². The van der Waals surface area contributed by atoms with Crippen LogP contribution in [0.3, 0.4) is 0 Å². The predicted molar refractivity (Wildman–Crippen MR) is 144 cm³/mol. The van der Waals surface area contributed by atoms with Crippen LogP contribution >= 0.6 is 35.0 Å². The first kappa shape index (κ1) is 29.3. The van der Waals surface area contributed by atoms with Gasteiger partial charge >= 0.3 is 11.9 Å². The van der Waals surface area contributed by atoms with Crippen LogP contribution in [0.2, 0.25) is 10.0 Å². The first-order valence-electron chi connectivity index (χ1n) is 11.5. The SMILES string of the molecule is O=C(O)CCCC(=O)N1CSC[C@@H]1C(=O)N[C@@H](Cc1ccc(NC(=O)c2c(Cl)cccc2Cl)cc1)C(=O)O. The van der Waals surface area contributed by atoms with Gasteiger partial charge in [-0.1, -0.05) is 41.4 Å². The monoisotopic (exact) mass is 581 g/mol. The summed E-state index contributed by atoms with van der Waals surface area (Å²) in [5.41, 5.74) is 1.16. The molecule has 2 atom stereocenters. The molecular weight excluding hydrogens is 557 g/mol. The van der Waals surface area contributed by atoms with E-state index in [2.05, 4.69) is 10.6 Å². The molecule has 38 heavy (non-hydrogen) atoms. The average molecular weight is 582 g/mol. The molecular formula is C25H25Cl2N3O7S. The lowest BCUT2D eigenvalue weighted by Crippen LogP contribution is -2.52.